The van der Waals surface area contributed by atoms with E-state index in [4.69, 9.17) is 5.26 Å². The van der Waals surface area contributed by atoms with Gasteiger partial charge in [-0.2, -0.15) is 5.26 Å². The molecule has 0 heterocycles. The number of rotatable bonds is 5. The average molecular weight is 285 g/mol. The smallest absolute Gasteiger partial charge is 0.293 e. The molecule has 5 nitrogen and oxygen atoms in total. The largest absolute Gasteiger partial charge is 0.335 e. The highest BCUT2D eigenvalue weighted by Gasteiger charge is 2.21. The summed E-state index contributed by atoms with van der Waals surface area (Å²) in [4.78, 5) is 12.1. The summed E-state index contributed by atoms with van der Waals surface area (Å²) in [6.07, 6.45) is 0.169. The Morgan fingerprint density at radius 2 is 1.95 bits per heavy atom. The molecule has 106 valence electrons. The monoisotopic (exact) mass is 285 g/mol. The Morgan fingerprint density at radius 1 is 1.24 bits per heavy atom. The quantitative estimate of drug-likeness (QED) is 0.619. The lowest BCUT2D eigenvalue weighted by Gasteiger charge is -2.23. The number of nitriles is 1. The van der Waals surface area contributed by atoms with Crippen molar-refractivity contribution < 1.29 is 9.31 Å². The Kier molecular flexibility index (Phi) is 4.46. The molecule has 0 aliphatic heterocycles. The Balaban J connectivity index is 2.53. The molecule has 0 amide bonds. The molecule has 0 N–H and O–H groups in total. The van der Waals surface area contributed by atoms with Gasteiger partial charge in [0.1, 0.15) is 11.5 Å². The first kappa shape index (κ1) is 14.5. The van der Waals surface area contributed by atoms with Gasteiger partial charge in [0.2, 0.25) is 0 Å². The first-order chi connectivity index (χ1) is 10.1. The summed E-state index contributed by atoms with van der Waals surface area (Å²) in [7, 11) is 0. The van der Waals surface area contributed by atoms with Crippen molar-refractivity contribution in [2.75, 3.05) is 11.4 Å². The van der Waals surface area contributed by atoms with Gasteiger partial charge >= 0.3 is 0 Å². The second-order valence-electron chi connectivity index (χ2n) is 4.29. The molecule has 0 fully saturated rings. The number of nitrogens with zero attached hydrogens (tertiary/aromatic N) is 3. The molecule has 0 atom stereocenters. The Labute approximate surface area is 121 Å². The van der Waals surface area contributed by atoms with E-state index in [1.165, 1.54) is 0 Å². The molecule has 0 aromatic heterocycles. The number of nitro groups is 1. The zero-order chi connectivity index (χ0) is 15.2. The Bertz CT molecular complexity index is 683. The molecule has 2 aromatic carbocycles. The van der Waals surface area contributed by atoms with E-state index in [-0.39, 0.29) is 24.3 Å². The lowest BCUT2D eigenvalue weighted by molar-refractivity contribution is -0.384. The summed E-state index contributed by atoms with van der Waals surface area (Å²) in [5, 5.41) is 19.9. The molecule has 2 rings (SSSR count). The normalized spacial score (nSPS) is 9.90. The van der Waals surface area contributed by atoms with Gasteiger partial charge < -0.3 is 4.90 Å². The maximum Gasteiger partial charge on any atom is 0.293 e. The molecule has 0 saturated carbocycles. The standard InChI is InChI=1S/C15H12FN3O2/c16-12-7-8-14(19(20)21)15(11-12)18(10-4-9-17)13-5-2-1-3-6-13/h1-3,5-8,11H,4,10H2. The molecule has 6 heteroatoms. The zero-order valence-electron chi connectivity index (χ0n) is 11.1. The predicted molar refractivity (Wildman–Crippen MR) is 76.7 cm³/mol. The number of para-hydroxylation sites is 1. The molecule has 2 aromatic rings. The maximum atomic E-state index is 13.5. The van der Waals surface area contributed by atoms with Crippen LogP contribution < -0.4 is 4.90 Å². The van der Waals surface area contributed by atoms with Crippen LogP contribution >= 0.6 is 0 Å². The van der Waals surface area contributed by atoms with Crippen LogP contribution in [0.15, 0.2) is 48.5 Å². The summed E-state index contributed by atoms with van der Waals surface area (Å²) < 4.78 is 13.5. The fraction of sp³-hybridized carbons (Fsp3) is 0.133. The highest BCUT2D eigenvalue weighted by Crippen LogP contribution is 2.34. The van der Waals surface area contributed by atoms with Gasteiger partial charge in [0.05, 0.1) is 17.4 Å². The minimum atomic E-state index is -0.562. The van der Waals surface area contributed by atoms with Crippen LogP contribution in [0.4, 0.5) is 21.5 Å². The van der Waals surface area contributed by atoms with Crippen LogP contribution in [0, 0.1) is 27.3 Å². The summed E-state index contributed by atoms with van der Waals surface area (Å²) >= 11 is 0. The van der Waals surface area contributed by atoms with E-state index in [2.05, 4.69) is 0 Å². The van der Waals surface area contributed by atoms with Gasteiger partial charge in [0, 0.05) is 24.4 Å². The molecule has 21 heavy (non-hydrogen) atoms. The predicted octanol–water partition coefficient (Wildman–Crippen LogP) is 3.79. The van der Waals surface area contributed by atoms with Gasteiger partial charge in [-0.05, 0) is 18.2 Å². The van der Waals surface area contributed by atoms with Crippen molar-refractivity contribution in [3.63, 3.8) is 0 Å². The molecule has 0 aliphatic carbocycles. The second kappa shape index (κ2) is 6.48. The lowest BCUT2D eigenvalue weighted by atomic mass is 10.2. The van der Waals surface area contributed by atoms with Gasteiger partial charge in [-0.3, -0.25) is 10.1 Å². The molecule has 0 unspecified atom stereocenters. The highest BCUT2D eigenvalue weighted by atomic mass is 19.1. The molecular formula is C15H12FN3O2. The molecule has 0 radical (unpaired) electrons. The second-order valence-corrected chi connectivity index (χ2v) is 4.29. The number of hydrogen-bond acceptors (Lipinski definition) is 4. The van der Waals surface area contributed by atoms with E-state index in [1.54, 1.807) is 29.2 Å². The van der Waals surface area contributed by atoms with E-state index in [9.17, 15) is 14.5 Å². The highest BCUT2D eigenvalue weighted by molar-refractivity contribution is 5.72. The van der Waals surface area contributed by atoms with Crippen LogP contribution in [0.3, 0.4) is 0 Å². The summed E-state index contributed by atoms with van der Waals surface area (Å²) in [6, 6.07) is 14.2. The minimum absolute atomic E-state index is 0.140. The number of benzene rings is 2. The van der Waals surface area contributed by atoms with E-state index in [1.807, 2.05) is 12.1 Å². The molecule has 0 bridgehead atoms. The van der Waals surface area contributed by atoms with Gasteiger partial charge in [0.25, 0.3) is 5.69 Å². The van der Waals surface area contributed by atoms with Crippen LogP contribution in [-0.2, 0) is 0 Å². The number of nitro benzene ring substituents is 1. The van der Waals surface area contributed by atoms with Crippen molar-refractivity contribution in [2.45, 2.75) is 6.42 Å². The van der Waals surface area contributed by atoms with Crippen LogP contribution in [0.1, 0.15) is 6.42 Å². The molecule has 0 aliphatic rings. The Hall–Kier alpha value is -2.94. The summed E-state index contributed by atoms with van der Waals surface area (Å²) in [6.45, 7) is 0.241. The summed E-state index contributed by atoms with van der Waals surface area (Å²) in [5.74, 6) is -0.562. The molecular weight excluding hydrogens is 273 g/mol. The van der Waals surface area contributed by atoms with Crippen molar-refractivity contribution in [2.24, 2.45) is 0 Å². The lowest BCUT2D eigenvalue weighted by Crippen LogP contribution is -2.19. The van der Waals surface area contributed by atoms with Gasteiger partial charge in [0.15, 0.2) is 0 Å². The van der Waals surface area contributed by atoms with E-state index < -0.39 is 10.7 Å². The van der Waals surface area contributed by atoms with Crippen LogP contribution in [-0.4, -0.2) is 11.5 Å². The average Bonchev–Trinajstić information content (AvgIpc) is 2.48. The number of hydrogen-bond donors (Lipinski definition) is 0. The third kappa shape index (κ3) is 3.34. The minimum Gasteiger partial charge on any atom is -0.335 e. The van der Waals surface area contributed by atoms with E-state index >= 15 is 0 Å². The summed E-state index contributed by atoms with van der Waals surface area (Å²) in [5.41, 5.74) is 0.612. The SMILES string of the molecule is N#CCCN(c1ccccc1)c1cc(F)ccc1[N+](=O)[O-]. The first-order valence-corrected chi connectivity index (χ1v) is 6.27. The van der Waals surface area contributed by atoms with Crippen molar-refractivity contribution in [1.82, 2.24) is 0 Å². The van der Waals surface area contributed by atoms with Crippen LogP contribution in [0.2, 0.25) is 0 Å². The number of anilines is 2. The maximum absolute atomic E-state index is 13.5. The van der Waals surface area contributed by atoms with E-state index in [0.29, 0.717) is 5.69 Å². The van der Waals surface area contributed by atoms with Crippen molar-refractivity contribution in [3.05, 3.63) is 64.5 Å². The van der Waals surface area contributed by atoms with Gasteiger partial charge in [-0.25, -0.2) is 4.39 Å². The third-order valence-electron chi connectivity index (χ3n) is 2.94. The fourth-order valence-corrected chi connectivity index (χ4v) is 2.03. The van der Waals surface area contributed by atoms with Gasteiger partial charge in [-0.1, -0.05) is 18.2 Å². The Morgan fingerprint density at radius 3 is 2.57 bits per heavy atom. The molecule has 0 spiro atoms. The fourth-order valence-electron chi connectivity index (χ4n) is 2.03. The third-order valence-corrected chi connectivity index (χ3v) is 2.94. The zero-order valence-corrected chi connectivity index (χ0v) is 11.1. The van der Waals surface area contributed by atoms with Crippen molar-refractivity contribution in [1.29, 1.82) is 5.26 Å². The molecule has 0 saturated heterocycles. The van der Waals surface area contributed by atoms with Crippen LogP contribution in [0.25, 0.3) is 0 Å². The van der Waals surface area contributed by atoms with Crippen LogP contribution in [0.5, 0.6) is 0 Å². The van der Waals surface area contributed by atoms with E-state index in [0.717, 1.165) is 18.2 Å². The van der Waals surface area contributed by atoms with Crippen molar-refractivity contribution >= 4 is 17.1 Å². The number of halogens is 1. The van der Waals surface area contributed by atoms with Gasteiger partial charge in [-0.15, -0.1) is 0 Å². The first-order valence-electron chi connectivity index (χ1n) is 6.27. The van der Waals surface area contributed by atoms with Crippen molar-refractivity contribution in [3.8, 4) is 6.07 Å². The topological polar surface area (TPSA) is 70.2 Å².